The molecule has 29 N–H and O–H groups in total. The van der Waals surface area contributed by atoms with Crippen molar-refractivity contribution < 1.29 is 233 Å². The molecular formula is C88H142O47. The van der Waals surface area contributed by atoms with Gasteiger partial charge in [-0.3, -0.25) is 9.59 Å². The predicted octanol–water partition coefficient (Wildman–Crippen LogP) is -11.0. The molecule has 8 saturated heterocycles. The summed E-state index contributed by atoms with van der Waals surface area (Å²) in [5.41, 5.74) is -7.49. The van der Waals surface area contributed by atoms with Gasteiger partial charge in [-0.15, -0.1) is 0 Å². The van der Waals surface area contributed by atoms with Crippen LogP contribution in [0.4, 0.5) is 0 Å². The van der Waals surface area contributed by atoms with Gasteiger partial charge in [-0.25, -0.2) is 0 Å². The van der Waals surface area contributed by atoms with Crippen LogP contribution in [0, 0.1) is 56.2 Å². The highest BCUT2D eigenvalue weighted by Gasteiger charge is 2.75. The third-order valence-electron chi connectivity index (χ3n) is 34.5. The molecule has 16 rings (SSSR count). The van der Waals surface area contributed by atoms with Crippen molar-refractivity contribution in [3.63, 3.8) is 0 Å². The number of esters is 2. The van der Waals surface area contributed by atoms with Gasteiger partial charge in [0.1, 0.15) is 201 Å². The molecule has 4 bridgehead atoms. The molecule has 2 spiro atoms. The summed E-state index contributed by atoms with van der Waals surface area (Å²) >= 11 is 0. The van der Waals surface area contributed by atoms with Crippen LogP contribution in [-0.2, 0) is 85.4 Å². The Morgan fingerprint density at radius 3 is 0.970 bits per heavy atom. The Hall–Kier alpha value is -3.04. The van der Waals surface area contributed by atoms with Crippen molar-refractivity contribution in [2.45, 2.75) is 413 Å². The van der Waals surface area contributed by atoms with Crippen LogP contribution in [0.25, 0.3) is 0 Å². The second kappa shape index (κ2) is 40.4. The van der Waals surface area contributed by atoms with E-state index in [0.29, 0.717) is 77.0 Å². The fraction of sp³-hybridized carbons (Fsp3) is 0.955. The first-order chi connectivity index (χ1) is 63.6. The molecule has 0 amide bonds. The molecule has 8 heterocycles. The van der Waals surface area contributed by atoms with Crippen molar-refractivity contribution in [1.82, 2.24) is 0 Å². The molecule has 47 heteroatoms. The Kier molecular flexibility index (Phi) is 31.8. The number of ether oxygens (including phenoxy) is 16. The molecule has 15 fully saturated rings. The predicted molar refractivity (Wildman–Crippen MR) is 440 cm³/mol. The monoisotopic (exact) mass is 1950 g/mol. The third-order valence-corrected chi connectivity index (χ3v) is 34.5. The minimum atomic E-state index is -1.99. The summed E-state index contributed by atoms with van der Waals surface area (Å²) in [6, 6.07) is 0. The largest absolute Gasteiger partial charge is 0.432 e. The van der Waals surface area contributed by atoms with Crippen LogP contribution >= 0.6 is 0 Å². The van der Waals surface area contributed by atoms with E-state index in [1.807, 2.05) is 20.8 Å². The number of hydrogen-bond donors (Lipinski definition) is 29. The summed E-state index contributed by atoms with van der Waals surface area (Å²) in [6.07, 6.45) is -58.3. The lowest BCUT2D eigenvalue weighted by molar-refractivity contribution is -0.406. The summed E-state index contributed by atoms with van der Waals surface area (Å²) < 4.78 is 96.3. The van der Waals surface area contributed by atoms with E-state index in [9.17, 15) is 158 Å². The van der Waals surface area contributed by atoms with E-state index < -0.39 is 360 Å². The lowest BCUT2D eigenvalue weighted by atomic mass is 9.40. The van der Waals surface area contributed by atoms with Crippen LogP contribution in [0.2, 0.25) is 0 Å². The van der Waals surface area contributed by atoms with Gasteiger partial charge in [0.25, 0.3) is 0 Å². The average Bonchev–Trinajstić information content (AvgIpc) is 1.55. The number of carbonyl (C=O) groups is 2. The number of hydrogen-bond acceptors (Lipinski definition) is 47. The van der Waals surface area contributed by atoms with Crippen LogP contribution in [0.15, 0.2) is 11.6 Å². The summed E-state index contributed by atoms with van der Waals surface area (Å²) in [6.45, 7) is 5.19. The lowest BCUT2D eigenvalue weighted by Crippen LogP contribution is -2.68. The highest BCUT2D eigenvalue weighted by atomic mass is 16.8. The van der Waals surface area contributed by atoms with Gasteiger partial charge in [-0.05, 0) is 175 Å². The standard InChI is InChI=1S/C44H72O24.C44H70O23/c1-40-7-4-8-41(2,39(59)67-37-32(58)29(55)25(51)19(13-47)63-37)21(40)5-9-43-15-42(3,60)44(16-43,10-6-22(40)43)68-38-34(66-36-31(57)28(54)24(50)18(12-46)62-36)33(26(52)20(14-48)64-38)65-35-30(56)27(53)23(49)17(11-45)61-35;1-17-11-43-9-5-22-41(2,7-4-8-42(22,3)40(59)66-38-33(58)30(55)26(51)20(14-47)62-38)23(43)6-10-44(17,16-43)67-39-35(65-37-32(57)29(54)25(50)19(13-46)61-37)34(27(52)21(15-48)63-39)64-36-31(56)28(53)24(49)18(12-45)60-36/h17-38,45-58,60H,4-16H2,1-3H3;11,18-39,45-58H,4-10,12-16H2,1-3H3/t17?,18?,19?,20?,21-,22-,23?,24?,25?,26?,27?,28?,29?,30?,31?,32?,33?,34?,35?,36?,37?,38?,40+,41+,42+,43+,44-;18?,19?,20?,21?,22-,23-,24?,25?,26?,27?,28?,29?,30?,31?,32?,33?,34?,35?,36?,37?,38?,39?,41+,42+,43+,44-/m00/s1. The zero-order valence-corrected chi connectivity index (χ0v) is 76.0. The first-order valence-electron chi connectivity index (χ1n) is 47.1. The van der Waals surface area contributed by atoms with Crippen molar-refractivity contribution in [2.24, 2.45) is 56.2 Å². The van der Waals surface area contributed by atoms with Crippen LogP contribution < -0.4 is 0 Å². The number of carbonyl (C=O) groups excluding carboxylic acids is 2. The molecule has 0 aromatic carbocycles. The molecule has 40 unspecified atom stereocenters. The minimum absolute atomic E-state index is 0.00956. The summed E-state index contributed by atoms with van der Waals surface area (Å²) in [4.78, 5) is 28.6. The van der Waals surface area contributed by atoms with Crippen LogP contribution in [-0.4, -0.2) is 475 Å². The van der Waals surface area contributed by atoms with Crippen LogP contribution in [0.3, 0.4) is 0 Å². The topological polar surface area (TPSA) is 768 Å². The maximum Gasteiger partial charge on any atom is 0.314 e. The molecule has 47 nitrogen and oxygen atoms in total. The third kappa shape index (κ3) is 18.3. The smallest absolute Gasteiger partial charge is 0.314 e. The summed E-state index contributed by atoms with van der Waals surface area (Å²) in [5, 5.41) is 308. The van der Waals surface area contributed by atoms with E-state index in [1.54, 1.807) is 6.92 Å². The fourth-order valence-electron chi connectivity index (χ4n) is 27.3. The van der Waals surface area contributed by atoms with Gasteiger partial charge in [-0.2, -0.15) is 0 Å². The zero-order valence-electron chi connectivity index (χ0n) is 76.0. The number of rotatable bonds is 24. The van der Waals surface area contributed by atoms with Crippen molar-refractivity contribution >= 4 is 11.9 Å². The average molecular weight is 1950 g/mol. The molecule has 7 saturated carbocycles. The first-order valence-corrected chi connectivity index (χ1v) is 47.1. The molecule has 0 aromatic rings. The Bertz CT molecular complexity index is 4020. The molecule has 53 atom stereocenters. The zero-order chi connectivity index (χ0) is 98.3. The number of allylic oxidation sites excluding steroid dienone is 1. The Balaban J connectivity index is 0.000000206. The Morgan fingerprint density at radius 1 is 0.311 bits per heavy atom. The van der Waals surface area contributed by atoms with E-state index >= 15 is 0 Å². The molecular weight excluding hydrogens is 1810 g/mol. The van der Waals surface area contributed by atoms with Crippen molar-refractivity contribution in [3.05, 3.63) is 11.6 Å². The van der Waals surface area contributed by atoms with Gasteiger partial charge in [-0.1, -0.05) is 32.8 Å². The fourth-order valence-corrected chi connectivity index (χ4v) is 27.3. The van der Waals surface area contributed by atoms with Crippen LogP contribution in [0.1, 0.15) is 151 Å². The van der Waals surface area contributed by atoms with E-state index in [0.717, 1.165) is 18.4 Å². The van der Waals surface area contributed by atoms with Crippen molar-refractivity contribution in [3.8, 4) is 0 Å². The SMILES string of the molecule is CC1=C[C@@]23CC[C@H]4[C@@](C)(CCC[C@@]4(C)C(=O)OC4OC(CO)C(O)C(O)C4O)[C@@H]2CC[C@]1(OC1OC(CO)C(O)C(OC2OC(CO)C(O)C(O)C2O)C1OC1OC(CO)C(O)C(O)C1O)C3.C[C@@]12CCC[C@@](C)(C(=O)OC3OC(CO)C(O)C(O)C3O)[C@H]1CC[C@@]13C[C@@](OC4OC(CO)C(O)C(OC5OC(CO)C(O)C(O)C5O)C4OC4OC(CO)C(O)C(O)C4O)(CC[C@H]12)[C@](C)(O)C3. The molecule has 8 aliphatic carbocycles. The highest BCUT2D eigenvalue weighted by molar-refractivity contribution is 5.78. The maximum absolute atomic E-state index is 14.3. The van der Waals surface area contributed by atoms with Crippen molar-refractivity contribution in [2.75, 3.05) is 52.9 Å². The second-order valence-electron chi connectivity index (χ2n) is 42.2. The number of aliphatic hydroxyl groups excluding tert-OH is 28. The second-order valence-corrected chi connectivity index (χ2v) is 42.2. The number of fused-ring (bicyclic) bond motifs is 6. The molecule has 135 heavy (non-hydrogen) atoms. The Labute approximate surface area is 776 Å². The Morgan fingerprint density at radius 2 is 0.607 bits per heavy atom. The molecule has 776 valence electrons. The van der Waals surface area contributed by atoms with E-state index in [1.165, 1.54) is 0 Å². The summed E-state index contributed by atoms with van der Waals surface area (Å²) in [5.74, 6) is -1.84. The van der Waals surface area contributed by atoms with E-state index in [2.05, 4.69) is 19.9 Å². The number of aliphatic hydroxyl groups is 29. The van der Waals surface area contributed by atoms with E-state index in [4.69, 9.17) is 75.8 Å². The van der Waals surface area contributed by atoms with Gasteiger partial charge >= 0.3 is 11.9 Å². The molecule has 0 aromatic heterocycles. The molecule has 8 aliphatic heterocycles. The first kappa shape index (κ1) is 106. The van der Waals surface area contributed by atoms with Gasteiger partial charge in [0.15, 0.2) is 37.7 Å². The summed E-state index contributed by atoms with van der Waals surface area (Å²) in [7, 11) is 0. The van der Waals surface area contributed by atoms with Gasteiger partial charge in [0.2, 0.25) is 12.6 Å². The van der Waals surface area contributed by atoms with Crippen LogP contribution in [0.5, 0.6) is 0 Å². The van der Waals surface area contributed by atoms with E-state index in [-0.39, 0.29) is 42.9 Å². The van der Waals surface area contributed by atoms with Gasteiger partial charge in [0, 0.05) is 0 Å². The molecule has 16 aliphatic rings. The maximum atomic E-state index is 14.3. The highest BCUT2D eigenvalue weighted by Crippen LogP contribution is 2.76. The lowest BCUT2D eigenvalue weighted by Gasteiger charge is -2.64. The van der Waals surface area contributed by atoms with Gasteiger partial charge in [0.05, 0.1) is 74.9 Å². The van der Waals surface area contributed by atoms with Gasteiger partial charge < -0.3 is 224 Å². The van der Waals surface area contributed by atoms with Crippen molar-refractivity contribution in [1.29, 1.82) is 0 Å². The minimum Gasteiger partial charge on any atom is -0.432 e. The normalized spacial score (nSPS) is 55.3. The quantitative estimate of drug-likeness (QED) is 0.0242. The molecule has 0 radical (unpaired) electrons.